The molecule has 1 aromatic rings. The lowest BCUT2D eigenvalue weighted by atomic mass is 9.97. The second kappa shape index (κ2) is 13.0. The van der Waals surface area contributed by atoms with Gasteiger partial charge in [0, 0.05) is 37.6 Å². The van der Waals surface area contributed by atoms with Crippen molar-refractivity contribution >= 4 is 29.3 Å². The number of amides is 3. The molecule has 7 nitrogen and oxygen atoms in total. The average Bonchev–Trinajstić information content (AvgIpc) is 3.38. The van der Waals surface area contributed by atoms with Crippen molar-refractivity contribution in [1.29, 1.82) is 0 Å². The van der Waals surface area contributed by atoms with Crippen LogP contribution in [0.4, 0.5) is 0 Å². The van der Waals surface area contributed by atoms with Gasteiger partial charge in [0.05, 0.1) is 0 Å². The number of nitrogens with one attached hydrogen (secondary N) is 1. The van der Waals surface area contributed by atoms with Crippen LogP contribution in [0.3, 0.4) is 0 Å². The third-order valence-electron chi connectivity index (χ3n) is 7.16. The minimum Gasteiger partial charge on any atom is -0.484 e. The molecule has 0 aromatic heterocycles. The Balaban J connectivity index is 1.47. The van der Waals surface area contributed by atoms with E-state index in [1.165, 1.54) is 25.7 Å². The first-order valence-corrected chi connectivity index (χ1v) is 13.0. The van der Waals surface area contributed by atoms with Crippen molar-refractivity contribution in [3.8, 4) is 5.75 Å². The molecule has 1 aliphatic carbocycles. The quantitative estimate of drug-likeness (QED) is 0.538. The summed E-state index contributed by atoms with van der Waals surface area (Å²) in [6, 6.07) is 6.16. The molecule has 3 amide bonds. The Morgan fingerprint density at radius 2 is 1.68 bits per heavy atom. The Bertz CT molecular complexity index is 818. The van der Waals surface area contributed by atoms with Crippen LogP contribution in [-0.2, 0) is 14.4 Å². The number of nitrogens with zero attached hydrogens (tertiary/aromatic N) is 2. The molecule has 2 aliphatic rings. The van der Waals surface area contributed by atoms with Crippen LogP contribution in [0.5, 0.6) is 5.75 Å². The molecule has 0 radical (unpaired) electrons. The number of piperazine rings is 1. The Labute approximate surface area is 208 Å². The highest BCUT2D eigenvalue weighted by Gasteiger charge is 2.32. The lowest BCUT2D eigenvalue weighted by Crippen LogP contribution is -2.57. The van der Waals surface area contributed by atoms with Crippen molar-refractivity contribution < 1.29 is 19.1 Å². The maximum absolute atomic E-state index is 13.3. The lowest BCUT2D eigenvalue weighted by Gasteiger charge is -2.37. The first kappa shape index (κ1) is 26.3. The number of rotatable bonds is 10. The number of halogens is 1. The Kier molecular flexibility index (Phi) is 10.1. The highest BCUT2D eigenvalue weighted by atomic mass is 35.5. The van der Waals surface area contributed by atoms with Crippen molar-refractivity contribution in [2.45, 2.75) is 64.8 Å². The summed E-state index contributed by atoms with van der Waals surface area (Å²) in [6.45, 7) is 5.89. The predicted octanol–water partition coefficient (Wildman–Crippen LogP) is 3.89. The van der Waals surface area contributed by atoms with E-state index in [2.05, 4.69) is 5.32 Å². The van der Waals surface area contributed by atoms with Gasteiger partial charge in [-0.05, 0) is 42.5 Å². The van der Waals surface area contributed by atoms with Crippen molar-refractivity contribution in [3.63, 3.8) is 0 Å². The first-order valence-electron chi connectivity index (χ1n) is 12.6. The number of hydrogen-bond acceptors (Lipinski definition) is 4. The average molecular weight is 492 g/mol. The molecule has 2 fully saturated rings. The van der Waals surface area contributed by atoms with Crippen molar-refractivity contribution in [3.05, 3.63) is 29.3 Å². The molecule has 1 saturated carbocycles. The summed E-state index contributed by atoms with van der Waals surface area (Å²) in [5.41, 5.74) is 0. The van der Waals surface area contributed by atoms with Crippen LogP contribution >= 0.6 is 11.6 Å². The summed E-state index contributed by atoms with van der Waals surface area (Å²) >= 11 is 5.87. The summed E-state index contributed by atoms with van der Waals surface area (Å²) in [6.07, 6.45) is 7.44. The van der Waals surface area contributed by atoms with Gasteiger partial charge < -0.3 is 19.9 Å². The number of benzene rings is 1. The van der Waals surface area contributed by atoms with Gasteiger partial charge in [-0.3, -0.25) is 14.4 Å². The van der Waals surface area contributed by atoms with Gasteiger partial charge in [0.15, 0.2) is 6.61 Å². The zero-order valence-electron chi connectivity index (χ0n) is 20.4. The fourth-order valence-electron chi connectivity index (χ4n) is 4.74. The minimum absolute atomic E-state index is 0.0157. The largest absolute Gasteiger partial charge is 0.484 e. The van der Waals surface area contributed by atoms with Gasteiger partial charge >= 0.3 is 0 Å². The smallest absolute Gasteiger partial charge is 0.258 e. The molecule has 1 heterocycles. The first-order chi connectivity index (χ1) is 16.4. The SMILES string of the molecule is CCC(C)C(NC(=O)COc1ccc(Cl)cc1)C(=O)N1CCN(C(=O)CCC2CCCC2)CC1. The second-order valence-electron chi connectivity index (χ2n) is 9.57. The van der Waals surface area contributed by atoms with Gasteiger partial charge in [-0.2, -0.15) is 0 Å². The molecule has 1 saturated heterocycles. The fraction of sp³-hybridized carbons (Fsp3) is 0.654. The summed E-state index contributed by atoms with van der Waals surface area (Å²) in [7, 11) is 0. The van der Waals surface area contributed by atoms with E-state index in [1.54, 1.807) is 29.2 Å². The van der Waals surface area contributed by atoms with Crippen molar-refractivity contribution in [1.82, 2.24) is 15.1 Å². The molecule has 34 heavy (non-hydrogen) atoms. The molecule has 0 spiro atoms. The fourth-order valence-corrected chi connectivity index (χ4v) is 4.86. The van der Waals surface area contributed by atoms with Crippen LogP contribution in [0.1, 0.15) is 58.8 Å². The summed E-state index contributed by atoms with van der Waals surface area (Å²) in [4.78, 5) is 42.1. The van der Waals surface area contributed by atoms with E-state index in [0.717, 1.165) is 12.8 Å². The zero-order chi connectivity index (χ0) is 24.5. The molecule has 1 aromatic carbocycles. The summed E-state index contributed by atoms with van der Waals surface area (Å²) in [5.74, 6) is 1.000. The maximum Gasteiger partial charge on any atom is 0.258 e. The highest BCUT2D eigenvalue weighted by molar-refractivity contribution is 6.30. The molecule has 1 aliphatic heterocycles. The van der Waals surface area contributed by atoms with E-state index < -0.39 is 6.04 Å². The molecular formula is C26H38ClN3O4. The second-order valence-corrected chi connectivity index (χ2v) is 10.0. The van der Waals surface area contributed by atoms with Gasteiger partial charge in [-0.25, -0.2) is 0 Å². The van der Waals surface area contributed by atoms with Gasteiger partial charge in [-0.1, -0.05) is 57.6 Å². The van der Waals surface area contributed by atoms with Crippen LogP contribution in [0.2, 0.25) is 5.02 Å². The normalized spacial score (nSPS) is 18.4. The van der Waals surface area contributed by atoms with E-state index >= 15 is 0 Å². The third kappa shape index (κ3) is 7.62. The van der Waals surface area contributed by atoms with Crippen LogP contribution in [0.15, 0.2) is 24.3 Å². The van der Waals surface area contributed by atoms with Gasteiger partial charge in [0.25, 0.3) is 5.91 Å². The number of carbonyl (C=O) groups is 3. The number of carbonyl (C=O) groups excluding carboxylic acids is 3. The predicted molar refractivity (Wildman–Crippen MR) is 133 cm³/mol. The summed E-state index contributed by atoms with van der Waals surface area (Å²) in [5, 5.41) is 3.46. The van der Waals surface area contributed by atoms with E-state index in [1.807, 2.05) is 18.7 Å². The number of ether oxygens (including phenoxy) is 1. The molecule has 188 valence electrons. The van der Waals surface area contributed by atoms with Gasteiger partial charge in [-0.15, -0.1) is 0 Å². The molecule has 2 unspecified atom stereocenters. The molecule has 1 N–H and O–H groups in total. The maximum atomic E-state index is 13.3. The van der Waals surface area contributed by atoms with E-state index in [9.17, 15) is 14.4 Å². The van der Waals surface area contributed by atoms with Crippen molar-refractivity contribution in [2.24, 2.45) is 11.8 Å². The van der Waals surface area contributed by atoms with Gasteiger partial charge in [0.2, 0.25) is 11.8 Å². The van der Waals surface area contributed by atoms with Crippen LogP contribution < -0.4 is 10.1 Å². The van der Waals surface area contributed by atoms with Crippen LogP contribution in [0.25, 0.3) is 0 Å². The third-order valence-corrected chi connectivity index (χ3v) is 7.42. The molecule has 2 atom stereocenters. The number of hydrogen-bond donors (Lipinski definition) is 1. The standard InChI is InChI=1S/C26H38ClN3O4/c1-3-19(2)25(28-23(31)18-34-22-11-9-21(27)10-12-22)26(33)30-16-14-29(15-17-30)24(32)13-8-20-6-4-5-7-20/h9-12,19-20,25H,3-8,13-18H2,1-2H3,(H,28,31). The summed E-state index contributed by atoms with van der Waals surface area (Å²) < 4.78 is 5.52. The van der Waals surface area contributed by atoms with E-state index in [4.69, 9.17) is 16.3 Å². The molecule has 3 rings (SSSR count). The minimum atomic E-state index is -0.615. The monoisotopic (exact) mass is 491 g/mol. The topological polar surface area (TPSA) is 79.0 Å². The zero-order valence-corrected chi connectivity index (χ0v) is 21.2. The van der Waals surface area contributed by atoms with Gasteiger partial charge in [0.1, 0.15) is 11.8 Å². The Morgan fingerprint density at radius 1 is 1.06 bits per heavy atom. The van der Waals surface area contributed by atoms with Crippen molar-refractivity contribution in [2.75, 3.05) is 32.8 Å². The lowest BCUT2D eigenvalue weighted by molar-refractivity contribution is -0.143. The molecular weight excluding hydrogens is 454 g/mol. The van der Waals surface area contributed by atoms with E-state index in [0.29, 0.717) is 49.3 Å². The Morgan fingerprint density at radius 3 is 2.29 bits per heavy atom. The highest BCUT2D eigenvalue weighted by Crippen LogP contribution is 2.28. The molecule has 0 bridgehead atoms. The van der Waals surface area contributed by atoms with E-state index in [-0.39, 0.29) is 30.2 Å². The Hall–Kier alpha value is -2.28. The molecule has 8 heteroatoms. The van der Waals surface area contributed by atoms with Crippen LogP contribution in [0, 0.1) is 11.8 Å². The van der Waals surface area contributed by atoms with Crippen LogP contribution in [-0.4, -0.2) is 66.3 Å².